The van der Waals surface area contributed by atoms with E-state index in [1.807, 2.05) is 17.3 Å². The Morgan fingerprint density at radius 3 is 2.70 bits per heavy atom. The topological polar surface area (TPSA) is 45.2 Å². The molecule has 1 N–H and O–H groups in total. The third-order valence-electron chi connectivity index (χ3n) is 4.45. The first kappa shape index (κ1) is 16.1. The third-order valence-corrected chi connectivity index (χ3v) is 5.34. The van der Waals surface area contributed by atoms with E-state index in [2.05, 4.69) is 48.4 Å². The second-order valence-corrected chi connectivity index (χ2v) is 7.24. The lowest BCUT2D eigenvalue weighted by atomic mass is 10.0. The van der Waals surface area contributed by atoms with Crippen LogP contribution < -0.4 is 5.32 Å². The van der Waals surface area contributed by atoms with Crippen LogP contribution in [-0.4, -0.2) is 42.0 Å². The summed E-state index contributed by atoms with van der Waals surface area (Å²) in [7, 11) is 1.87. The highest BCUT2D eigenvalue weighted by Gasteiger charge is 2.25. The van der Waals surface area contributed by atoms with Crippen molar-refractivity contribution in [3.8, 4) is 10.6 Å². The highest BCUT2D eigenvalue weighted by Crippen LogP contribution is 2.26. The summed E-state index contributed by atoms with van der Waals surface area (Å²) in [6, 6.07) is 8.73. The minimum absolute atomic E-state index is 0.0139. The van der Waals surface area contributed by atoms with Crippen LogP contribution >= 0.6 is 11.3 Å². The van der Waals surface area contributed by atoms with Gasteiger partial charge in [-0.3, -0.25) is 4.79 Å². The molecule has 4 nitrogen and oxygen atoms in total. The van der Waals surface area contributed by atoms with Crippen molar-refractivity contribution in [2.24, 2.45) is 0 Å². The van der Waals surface area contributed by atoms with Gasteiger partial charge in [-0.05, 0) is 24.4 Å². The first-order chi connectivity index (χ1) is 11.1. The van der Waals surface area contributed by atoms with Crippen molar-refractivity contribution in [1.82, 2.24) is 15.2 Å². The molecule has 0 spiro atoms. The van der Waals surface area contributed by atoms with E-state index in [0.29, 0.717) is 11.6 Å². The maximum atomic E-state index is 12.6. The Labute approximate surface area is 141 Å². The summed E-state index contributed by atoms with van der Waals surface area (Å²) in [4.78, 5) is 18.9. The number of amides is 1. The maximum Gasteiger partial charge on any atom is 0.273 e. The van der Waals surface area contributed by atoms with Gasteiger partial charge >= 0.3 is 0 Å². The monoisotopic (exact) mass is 329 g/mol. The van der Waals surface area contributed by atoms with Gasteiger partial charge in [-0.15, -0.1) is 11.3 Å². The number of nitrogens with zero attached hydrogens (tertiary/aromatic N) is 2. The number of carbonyl (C=O) groups is 1. The molecule has 2 aromatic rings. The van der Waals surface area contributed by atoms with Gasteiger partial charge in [-0.25, -0.2) is 4.98 Å². The van der Waals surface area contributed by atoms with Gasteiger partial charge in [0.05, 0.1) is 0 Å². The number of hydrogen-bond acceptors (Lipinski definition) is 4. The van der Waals surface area contributed by atoms with Crippen LogP contribution in [0.1, 0.15) is 42.2 Å². The molecule has 1 saturated heterocycles. The Hall–Kier alpha value is -1.72. The maximum absolute atomic E-state index is 12.6. The Balaban J connectivity index is 1.75. The van der Waals surface area contributed by atoms with Gasteiger partial charge in [-0.1, -0.05) is 38.1 Å². The summed E-state index contributed by atoms with van der Waals surface area (Å²) in [6.45, 7) is 6.22. The normalized spacial score (nSPS) is 17.7. The smallest absolute Gasteiger partial charge is 0.273 e. The van der Waals surface area contributed by atoms with Crippen molar-refractivity contribution in [2.45, 2.75) is 32.2 Å². The predicted molar refractivity (Wildman–Crippen MR) is 95.0 cm³/mol. The highest BCUT2D eigenvalue weighted by molar-refractivity contribution is 7.13. The molecule has 1 aromatic heterocycles. The molecule has 1 unspecified atom stereocenters. The van der Waals surface area contributed by atoms with Gasteiger partial charge in [0.15, 0.2) is 0 Å². The molecular weight excluding hydrogens is 306 g/mol. The number of rotatable bonds is 4. The van der Waals surface area contributed by atoms with Gasteiger partial charge in [0.25, 0.3) is 5.91 Å². The van der Waals surface area contributed by atoms with Crippen LogP contribution in [0.3, 0.4) is 0 Å². The largest absolute Gasteiger partial charge is 0.336 e. The zero-order chi connectivity index (χ0) is 16.4. The van der Waals surface area contributed by atoms with Crippen LogP contribution in [0.4, 0.5) is 0 Å². The molecule has 0 saturated carbocycles. The average Bonchev–Trinajstić information content (AvgIpc) is 3.25. The molecule has 1 atom stereocenters. The van der Waals surface area contributed by atoms with E-state index < -0.39 is 0 Å². The quantitative estimate of drug-likeness (QED) is 0.935. The van der Waals surface area contributed by atoms with E-state index >= 15 is 0 Å². The fourth-order valence-electron chi connectivity index (χ4n) is 2.83. The number of nitrogens with one attached hydrogen (secondary N) is 1. The van der Waals surface area contributed by atoms with Crippen LogP contribution in [0, 0.1) is 0 Å². The summed E-state index contributed by atoms with van der Waals surface area (Å²) in [6.07, 6.45) is 1.01. The summed E-state index contributed by atoms with van der Waals surface area (Å²) in [5.74, 6) is 0.533. The van der Waals surface area contributed by atoms with Crippen molar-refractivity contribution in [3.05, 3.63) is 40.9 Å². The van der Waals surface area contributed by atoms with Crippen LogP contribution in [0.2, 0.25) is 0 Å². The number of aromatic nitrogens is 1. The number of hydrogen-bond donors (Lipinski definition) is 1. The molecule has 1 aliphatic heterocycles. The second kappa shape index (κ2) is 6.81. The molecule has 2 heterocycles. The molecule has 1 fully saturated rings. The van der Waals surface area contributed by atoms with E-state index in [-0.39, 0.29) is 11.9 Å². The van der Waals surface area contributed by atoms with Gasteiger partial charge in [-0.2, -0.15) is 0 Å². The van der Waals surface area contributed by atoms with E-state index in [4.69, 9.17) is 0 Å². The lowest BCUT2D eigenvalue weighted by Crippen LogP contribution is -2.38. The number of carbonyl (C=O) groups excluding carboxylic acids is 1. The second-order valence-electron chi connectivity index (χ2n) is 6.38. The lowest BCUT2D eigenvalue weighted by Gasteiger charge is -2.22. The van der Waals surface area contributed by atoms with Crippen molar-refractivity contribution in [1.29, 1.82) is 0 Å². The van der Waals surface area contributed by atoms with Crippen molar-refractivity contribution >= 4 is 17.2 Å². The highest BCUT2D eigenvalue weighted by atomic mass is 32.1. The van der Waals surface area contributed by atoms with Gasteiger partial charge in [0.2, 0.25) is 0 Å². The zero-order valence-electron chi connectivity index (χ0n) is 13.9. The van der Waals surface area contributed by atoms with Crippen molar-refractivity contribution < 1.29 is 4.79 Å². The van der Waals surface area contributed by atoms with Gasteiger partial charge in [0, 0.05) is 30.6 Å². The average molecular weight is 329 g/mol. The summed E-state index contributed by atoms with van der Waals surface area (Å²) in [5.41, 5.74) is 2.94. The molecule has 0 radical (unpaired) electrons. The minimum atomic E-state index is 0.0139. The number of likely N-dealkylation sites (N-methyl/N-ethyl adjacent to an activating group) is 1. The first-order valence-corrected chi connectivity index (χ1v) is 8.98. The fourth-order valence-corrected chi connectivity index (χ4v) is 3.63. The van der Waals surface area contributed by atoms with Gasteiger partial charge < -0.3 is 10.2 Å². The van der Waals surface area contributed by atoms with Crippen LogP contribution in [0.15, 0.2) is 29.6 Å². The molecule has 0 bridgehead atoms. The molecule has 1 aromatic carbocycles. The summed E-state index contributed by atoms with van der Waals surface area (Å²) < 4.78 is 0. The van der Waals surface area contributed by atoms with E-state index in [1.165, 1.54) is 16.9 Å². The van der Waals surface area contributed by atoms with Crippen molar-refractivity contribution in [3.63, 3.8) is 0 Å². The molecule has 23 heavy (non-hydrogen) atoms. The van der Waals surface area contributed by atoms with E-state index in [1.54, 1.807) is 0 Å². The molecule has 5 heteroatoms. The fraction of sp³-hybridized carbons (Fsp3) is 0.444. The summed E-state index contributed by atoms with van der Waals surface area (Å²) in [5, 5.41) is 6.07. The van der Waals surface area contributed by atoms with E-state index in [0.717, 1.165) is 30.1 Å². The van der Waals surface area contributed by atoms with Crippen LogP contribution in [0.5, 0.6) is 0 Å². The molecule has 3 rings (SSSR count). The predicted octanol–water partition coefficient (Wildman–Crippen LogP) is 3.37. The minimum Gasteiger partial charge on any atom is -0.336 e. The SMILES string of the molecule is CC(C)c1ccc(-c2nc(C(=O)N(C)C3CCNC3)cs2)cc1. The molecule has 122 valence electrons. The standard InChI is InChI=1S/C18H23N3OS/c1-12(2)13-4-6-14(7-5-13)17-20-16(11-23-17)18(22)21(3)15-8-9-19-10-15/h4-7,11-12,15,19H,8-10H2,1-3H3. The number of thiazole rings is 1. The van der Waals surface area contributed by atoms with Crippen LogP contribution in [-0.2, 0) is 0 Å². The zero-order valence-corrected chi connectivity index (χ0v) is 14.7. The van der Waals surface area contributed by atoms with Gasteiger partial charge in [0.1, 0.15) is 10.7 Å². The Kier molecular flexibility index (Phi) is 4.78. The Morgan fingerprint density at radius 2 is 2.09 bits per heavy atom. The Morgan fingerprint density at radius 1 is 1.35 bits per heavy atom. The molecule has 1 aliphatic rings. The molecule has 1 amide bonds. The number of benzene rings is 1. The molecular formula is C18H23N3OS. The van der Waals surface area contributed by atoms with Crippen LogP contribution in [0.25, 0.3) is 10.6 Å². The lowest BCUT2D eigenvalue weighted by molar-refractivity contribution is 0.0739. The molecule has 0 aliphatic carbocycles. The third kappa shape index (κ3) is 3.46. The van der Waals surface area contributed by atoms with Crippen molar-refractivity contribution in [2.75, 3.05) is 20.1 Å². The first-order valence-electron chi connectivity index (χ1n) is 8.10. The Bertz CT molecular complexity index is 672. The van der Waals surface area contributed by atoms with E-state index in [9.17, 15) is 4.79 Å². The summed E-state index contributed by atoms with van der Waals surface area (Å²) >= 11 is 1.53.